The Labute approximate surface area is 122 Å². The lowest BCUT2D eigenvalue weighted by molar-refractivity contribution is -0.385. The lowest BCUT2D eigenvalue weighted by Crippen LogP contribution is -2.32. The van der Waals surface area contributed by atoms with E-state index in [1.165, 1.54) is 12.8 Å². The summed E-state index contributed by atoms with van der Waals surface area (Å²) in [7, 11) is 0. The zero-order chi connectivity index (χ0) is 14.0. The van der Waals surface area contributed by atoms with Crippen LogP contribution in [-0.2, 0) is 5.33 Å². The van der Waals surface area contributed by atoms with Crippen LogP contribution in [0.2, 0.25) is 0 Å². The van der Waals surface area contributed by atoms with Crippen LogP contribution in [0.1, 0.15) is 32.3 Å². The van der Waals surface area contributed by atoms with Crippen molar-refractivity contribution in [1.82, 2.24) is 0 Å². The second-order valence-corrected chi connectivity index (χ2v) is 5.95. The van der Waals surface area contributed by atoms with Crippen LogP contribution in [-0.4, -0.2) is 17.5 Å². The summed E-state index contributed by atoms with van der Waals surface area (Å²) in [5, 5.41) is 11.5. The summed E-state index contributed by atoms with van der Waals surface area (Å²) < 4.78 is 0. The molecule has 0 spiro atoms. The average molecular weight is 327 g/mol. The summed E-state index contributed by atoms with van der Waals surface area (Å²) in [5.74, 6) is 0.796. The van der Waals surface area contributed by atoms with Crippen LogP contribution in [0.15, 0.2) is 18.2 Å². The van der Waals surface area contributed by atoms with Crippen LogP contribution < -0.4 is 4.90 Å². The maximum atomic E-state index is 11.0. The summed E-state index contributed by atoms with van der Waals surface area (Å²) in [6.45, 7) is 5.38. The minimum absolute atomic E-state index is 0.191. The van der Waals surface area contributed by atoms with E-state index >= 15 is 0 Å². The molecule has 0 aromatic heterocycles. The van der Waals surface area contributed by atoms with Crippen molar-refractivity contribution in [3.63, 3.8) is 0 Å². The predicted octanol–water partition coefficient (Wildman–Crippen LogP) is 4.11. The van der Waals surface area contributed by atoms with Crippen molar-refractivity contribution < 1.29 is 4.92 Å². The van der Waals surface area contributed by atoms with Crippen LogP contribution in [0.3, 0.4) is 0 Å². The number of nitrogens with zero attached hydrogens (tertiary/aromatic N) is 2. The minimum Gasteiger partial charge on any atom is -0.369 e. The standard InChI is InChI=1S/C14H19BrN2O2/c1-10(2)16(9-11-3-4-11)13-5-6-14(17(18)19)12(7-13)8-15/h5-7,10-11H,3-4,8-9H2,1-2H3. The summed E-state index contributed by atoms with van der Waals surface area (Å²) in [6.07, 6.45) is 2.61. The number of rotatable bonds is 6. The van der Waals surface area contributed by atoms with Gasteiger partial charge in [0.1, 0.15) is 0 Å². The molecular formula is C14H19BrN2O2. The SMILES string of the molecule is CC(C)N(CC1CC1)c1ccc([N+](=O)[O-])c(CBr)c1. The quantitative estimate of drug-likeness (QED) is 0.449. The van der Waals surface area contributed by atoms with E-state index in [4.69, 9.17) is 0 Å². The molecule has 1 aliphatic rings. The molecule has 1 aromatic carbocycles. The highest BCUT2D eigenvalue weighted by Crippen LogP contribution is 2.34. The molecule has 19 heavy (non-hydrogen) atoms. The Morgan fingerprint density at radius 3 is 2.63 bits per heavy atom. The topological polar surface area (TPSA) is 46.4 Å². The van der Waals surface area contributed by atoms with Crippen molar-refractivity contribution in [2.45, 2.75) is 38.1 Å². The van der Waals surface area contributed by atoms with Gasteiger partial charge < -0.3 is 4.90 Å². The van der Waals surface area contributed by atoms with E-state index in [9.17, 15) is 10.1 Å². The Balaban J connectivity index is 2.28. The van der Waals surface area contributed by atoms with E-state index in [0.29, 0.717) is 11.4 Å². The summed E-state index contributed by atoms with van der Waals surface area (Å²) >= 11 is 3.34. The number of halogens is 1. The van der Waals surface area contributed by atoms with Gasteiger partial charge in [-0.3, -0.25) is 10.1 Å². The van der Waals surface area contributed by atoms with Crippen molar-refractivity contribution in [1.29, 1.82) is 0 Å². The van der Waals surface area contributed by atoms with Gasteiger partial charge in [0.05, 0.1) is 4.92 Å². The largest absolute Gasteiger partial charge is 0.369 e. The second kappa shape index (κ2) is 5.90. The molecule has 0 amide bonds. The number of nitro benzene ring substituents is 1. The molecule has 1 saturated carbocycles. The lowest BCUT2D eigenvalue weighted by atomic mass is 10.1. The molecule has 0 aliphatic heterocycles. The lowest BCUT2D eigenvalue weighted by Gasteiger charge is -2.29. The zero-order valence-electron chi connectivity index (χ0n) is 11.3. The molecule has 1 aliphatic carbocycles. The third-order valence-electron chi connectivity index (χ3n) is 3.51. The van der Waals surface area contributed by atoms with Crippen LogP contribution in [0, 0.1) is 16.0 Å². The highest BCUT2D eigenvalue weighted by atomic mass is 79.9. The van der Waals surface area contributed by atoms with Crippen molar-refractivity contribution >= 4 is 27.3 Å². The Hall–Kier alpha value is -1.10. The van der Waals surface area contributed by atoms with Crippen LogP contribution in [0.25, 0.3) is 0 Å². The highest BCUT2D eigenvalue weighted by Gasteiger charge is 2.26. The molecule has 0 unspecified atom stereocenters. The highest BCUT2D eigenvalue weighted by molar-refractivity contribution is 9.08. The smallest absolute Gasteiger partial charge is 0.273 e. The molecule has 0 heterocycles. The van der Waals surface area contributed by atoms with E-state index in [2.05, 4.69) is 34.7 Å². The molecule has 2 rings (SSSR count). The molecule has 1 aromatic rings. The van der Waals surface area contributed by atoms with Gasteiger partial charge in [-0.1, -0.05) is 15.9 Å². The molecular weight excluding hydrogens is 308 g/mol. The molecule has 0 radical (unpaired) electrons. The minimum atomic E-state index is -0.318. The van der Waals surface area contributed by atoms with Crippen molar-refractivity contribution in [2.75, 3.05) is 11.4 Å². The normalized spacial score (nSPS) is 14.7. The molecule has 104 valence electrons. The zero-order valence-corrected chi connectivity index (χ0v) is 12.9. The van der Waals surface area contributed by atoms with Gasteiger partial charge in [0.15, 0.2) is 0 Å². The number of alkyl halides is 1. The van der Waals surface area contributed by atoms with Gasteiger partial charge in [-0.2, -0.15) is 0 Å². The fourth-order valence-electron chi connectivity index (χ4n) is 2.23. The molecule has 4 nitrogen and oxygen atoms in total. The maximum absolute atomic E-state index is 11.0. The van der Waals surface area contributed by atoms with E-state index < -0.39 is 0 Å². The van der Waals surface area contributed by atoms with E-state index in [0.717, 1.165) is 23.7 Å². The monoisotopic (exact) mass is 326 g/mol. The van der Waals surface area contributed by atoms with Crippen LogP contribution >= 0.6 is 15.9 Å². The maximum Gasteiger partial charge on any atom is 0.273 e. The van der Waals surface area contributed by atoms with Crippen molar-refractivity contribution in [3.8, 4) is 0 Å². The van der Waals surface area contributed by atoms with Crippen LogP contribution in [0.4, 0.5) is 11.4 Å². The van der Waals surface area contributed by atoms with Crippen molar-refractivity contribution in [2.24, 2.45) is 5.92 Å². The molecule has 0 atom stereocenters. The first-order valence-electron chi connectivity index (χ1n) is 6.63. The molecule has 0 bridgehead atoms. The van der Waals surface area contributed by atoms with E-state index in [-0.39, 0.29) is 10.6 Å². The van der Waals surface area contributed by atoms with Gasteiger partial charge in [0.2, 0.25) is 0 Å². The van der Waals surface area contributed by atoms with Crippen LogP contribution in [0.5, 0.6) is 0 Å². The van der Waals surface area contributed by atoms with Gasteiger partial charge in [0, 0.05) is 35.2 Å². The van der Waals surface area contributed by atoms with Gasteiger partial charge >= 0.3 is 0 Å². The van der Waals surface area contributed by atoms with Crippen molar-refractivity contribution in [3.05, 3.63) is 33.9 Å². The Bertz CT molecular complexity index is 473. The van der Waals surface area contributed by atoms with Gasteiger partial charge in [-0.25, -0.2) is 0 Å². The number of benzene rings is 1. The second-order valence-electron chi connectivity index (χ2n) is 5.39. The summed E-state index contributed by atoms with van der Waals surface area (Å²) in [4.78, 5) is 13.0. The molecule has 0 N–H and O–H groups in total. The summed E-state index contributed by atoms with van der Waals surface area (Å²) in [6, 6.07) is 5.83. The Morgan fingerprint density at radius 1 is 1.47 bits per heavy atom. The van der Waals surface area contributed by atoms with E-state index in [1.54, 1.807) is 6.07 Å². The number of anilines is 1. The van der Waals surface area contributed by atoms with E-state index in [1.807, 2.05) is 12.1 Å². The molecule has 1 fully saturated rings. The number of nitro groups is 1. The predicted molar refractivity (Wildman–Crippen MR) is 80.9 cm³/mol. The fraction of sp³-hybridized carbons (Fsp3) is 0.571. The fourth-order valence-corrected chi connectivity index (χ4v) is 2.68. The first-order valence-corrected chi connectivity index (χ1v) is 7.75. The first-order chi connectivity index (χ1) is 9.02. The molecule has 5 heteroatoms. The average Bonchev–Trinajstić information content (AvgIpc) is 3.18. The Kier molecular flexibility index (Phi) is 4.45. The van der Waals surface area contributed by atoms with Gasteiger partial charge in [-0.15, -0.1) is 0 Å². The van der Waals surface area contributed by atoms with Gasteiger partial charge in [-0.05, 0) is 44.7 Å². The number of hydrogen-bond donors (Lipinski definition) is 0. The first kappa shape index (κ1) is 14.3. The summed E-state index contributed by atoms with van der Waals surface area (Å²) in [5.41, 5.74) is 2.02. The number of hydrogen-bond acceptors (Lipinski definition) is 3. The third-order valence-corrected chi connectivity index (χ3v) is 4.11. The molecule has 0 saturated heterocycles. The third kappa shape index (κ3) is 3.47. The van der Waals surface area contributed by atoms with Gasteiger partial charge in [0.25, 0.3) is 5.69 Å². The Morgan fingerprint density at radius 2 is 2.16 bits per heavy atom.